The van der Waals surface area contributed by atoms with Crippen LogP contribution in [0.15, 0.2) is 48.5 Å². The molecule has 0 aliphatic heterocycles. The van der Waals surface area contributed by atoms with Gasteiger partial charge in [-0.1, -0.05) is 23.7 Å². The number of aromatic nitrogens is 4. The van der Waals surface area contributed by atoms with Crippen molar-refractivity contribution in [1.82, 2.24) is 20.2 Å². The van der Waals surface area contributed by atoms with Crippen molar-refractivity contribution in [3.05, 3.63) is 65.1 Å². The lowest BCUT2D eigenvalue weighted by atomic mass is 10.1. The minimum absolute atomic E-state index is 0.173. The molecule has 2 aromatic heterocycles. The molecule has 1 amide bonds. The number of anilines is 1. The molecule has 0 spiro atoms. The summed E-state index contributed by atoms with van der Waals surface area (Å²) < 4.78 is 0. The molecule has 0 saturated carbocycles. The summed E-state index contributed by atoms with van der Waals surface area (Å²) in [6.07, 6.45) is 0. The number of amides is 1. The first-order valence-electron chi connectivity index (χ1n) is 8.07. The molecule has 6 nitrogen and oxygen atoms in total. The van der Waals surface area contributed by atoms with E-state index in [-0.39, 0.29) is 5.91 Å². The number of hydrogen-bond donors (Lipinski definition) is 2. The van der Waals surface area contributed by atoms with E-state index in [1.807, 2.05) is 37.3 Å². The largest absolute Gasteiger partial charge is 0.342 e. The Morgan fingerprint density at radius 3 is 2.65 bits per heavy atom. The number of carbonyl (C=O) groups is 1. The summed E-state index contributed by atoms with van der Waals surface area (Å²) in [5, 5.41) is 7.71. The SMILES string of the molecule is Cc1nc2ccc(N(C)C(=O)c3cc(-c4ccc(Cl)cc4)n[nH]3)cc2[nH]1. The van der Waals surface area contributed by atoms with E-state index in [4.69, 9.17) is 11.6 Å². The molecule has 0 aliphatic carbocycles. The van der Waals surface area contributed by atoms with Gasteiger partial charge in [0.2, 0.25) is 0 Å². The van der Waals surface area contributed by atoms with Gasteiger partial charge in [0, 0.05) is 23.3 Å². The zero-order valence-corrected chi connectivity index (χ0v) is 15.0. The molecule has 0 bridgehead atoms. The van der Waals surface area contributed by atoms with Crippen LogP contribution in [0.4, 0.5) is 5.69 Å². The smallest absolute Gasteiger partial charge is 0.276 e. The van der Waals surface area contributed by atoms with Gasteiger partial charge in [-0.3, -0.25) is 9.89 Å². The molecule has 0 aliphatic rings. The van der Waals surface area contributed by atoms with Crippen molar-refractivity contribution in [3.63, 3.8) is 0 Å². The van der Waals surface area contributed by atoms with Crippen molar-refractivity contribution in [2.75, 3.05) is 11.9 Å². The fourth-order valence-corrected chi connectivity index (χ4v) is 2.96. The number of nitrogens with zero attached hydrogens (tertiary/aromatic N) is 3. The molecule has 0 atom stereocenters. The molecule has 7 heteroatoms. The summed E-state index contributed by atoms with van der Waals surface area (Å²) >= 11 is 5.91. The summed E-state index contributed by atoms with van der Waals surface area (Å²) in [5.74, 6) is 0.667. The van der Waals surface area contributed by atoms with Gasteiger partial charge in [0.05, 0.1) is 16.7 Å². The van der Waals surface area contributed by atoms with E-state index < -0.39 is 0 Å². The maximum atomic E-state index is 12.8. The number of aromatic amines is 2. The summed E-state index contributed by atoms with van der Waals surface area (Å²) in [4.78, 5) is 21.9. The topological polar surface area (TPSA) is 77.7 Å². The van der Waals surface area contributed by atoms with Crippen LogP contribution in [-0.4, -0.2) is 33.1 Å². The van der Waals surface area contributed by atoms with Crippen molar-refractivity contribution < 1.29 is 4.79 Å². The Balaban J connectivity index is 1.60. The number of halogens is 1. The lowest BCUT2D eigenvalue weighted by molar-refractivity contribution is 0.0988. The van der Waals surface area contributed by atoms with Crippen molar-refractivity contribution in [2.24, 2.45) is 0 Å². The molecule has 0 saturated heterocycles. The second kappa shape index (κ2) is 6.31. The van der Waals surface area contributed by atoms with E-state index in [9.17, 15) is 4.79 Å². The maximum absolute atomic E-state index is 12.8. The van der Waals surface area contributed by atoms with Gasteiger partial charge in [-0.15, -0.1) is 0 Å². The number of carbonyl (C=O) groups excluding carboxylic acids is 1. The number of imidazole rings is 1. The number of nitrogens with one attached hydrogen (secondary N) is 2. The van der Waals surface area contributed by atoms with Gasteiger partial charge in [0.25, 0.3) is 5.91 Å². The zero-order chi connectivity index (χ0) is 18.3. The number of hydrogen-bond acceptors (Lipinski definition) is 3. The molecule has 130 valence electrons. The van der Waals surface area contributed by atoms with E-state index in [1.54, 1.807) is 30.1 Å². The summed E-state index contributed by atoms with van der Waals surface area (Å²) in [6, 6.07) is 14.7. The highest BCUT2D eigenvalue weighted by Gasteiger charge is 2.17. The molecule has 0 radical (unpaired) electrons. The van der Waals surface area contributed by atoms with Crippen LogP contribution in [-0.2, 0) is 0 Å². The maximum Gasteiger partial charge on any atom is 0.276 e. The molecule has 0 fully saturated rings. The van der Waals surface area contributed by atoms with Crippen LogP contribution in [0.25, 0.3) is 22.3 Å². The molecule has 2 heterocycles. The van der Waals surface area contributed by atoms with Crippen molar-refractivity contribution in [2.45, 2.75) is 6.92 Å². The van der Waals surface area contributed by atoms with Gasteiger partial charge >= 0.3 is 0 Å². The van der Waals surface area contributed by atoms with E-state index >= 15 is 0 Å². The monoisotopic (exact) mass is 365 g/mol. The molecular formula is C19H16ClN5O. The number of aryl methyl sites for hydroxylation is 1. The first kappa shape index (κ1) is 16.4. The summed E-state index contributed by atoms with van der Waals surface area (Å²) in [7, 11) is 1.73. The highest BCUT2D eigenvalue weighted by Crippen LogP contribution is 2.23. The number of fused-ring (bicyclic) bond motifs is 1. The van der Waals surface area contributed by atoms with Gasteiger partial charge in [-0.05, 0) is 43.3 Å². The summed E-state index contributed by atoms with van der Waals surface area (Å²) in [6.45, 7) is 1.90. The van der Waals surface area contributed by atoms with Crippen LogP contribution in [0, 0.1) is 6.92 Å². The average molecular weight is 366 g/mol. The van der Waals surface area contributed by atoms with Gasteiger partial charge in [-0.2, -0.15) is 5.10 Å². The third-order valence-corrected chi connectivity index (χ3v) is 4.48. The Hall–Kier alpha value is -3.12. The second-order valence-electron chi connectivity index (χ2n) is 6.06. The molecule has 4 rings (SSSR count). The van der Waals surface area contributed by atoms with Crippen LogP contribution >= 0.6 is 11.6 Å². The van der Waals surface area contributed by atoms with Crippen molar-refractivity contribution in [1.29, 1.82) is 0 Å². The fraction of sp³-hybridized carbons (Fsp3) is 0.105. The molecule has 0 unspecified atom stereocenters. The first-order chi connectivity index (χ1) is 12.5. The third-order valence-electron chi connectivity index (χ3n) is 4.22. The van der Waals surface area contributed by atoms with E-state index in [2.05, 4.69) is 20.2 Å². The quantitative estimate of drug-likeness (QED) is 0.571. The first-order valence-corrected chi connectivity index (χ1v) is 8.45. The lowest BCUT2D eigenvalue weighted by Gasteiger charge is -2.16. The number of rotatable bonds is 3. The zero-order valence-electron chi connectivity index (χ0n) is 14.2. The molecule has 2 N–H and O–H groups in total. The summed E-state index contributed by atoms with van der Waals surface area (Å²) in [5.41, 5.74) is 4.54. The Labute approximate surface area is 154 Å². The van der Waals surface area contributed by atoms with Gasteiger partial charge in [-0.25, -0.2) is 4.98 Å². The molecule has 2 aromatic carbocycles. The number of H-pyrrole nitrogens is 2. The van der Waals surface area contributed by atoms with E-state index in [0.717, 1.165) is 28.1 Å². The lowest BCUT2D eigenvalue weighted by Crippen LogP contribution is -2.26. The minimum atomic E-state index is -0.173. The van der Waals surface area contributed by atoms with Gasteiger partial charge < -0.3 is 9.88 Å². The standard InChI is InChI=1S/C19H16ClN5O/c1-11-21-15-8-7-14(9-17(15)22-11)25(2)19(26)18-10-16(23-24-18)12-3-5-13(20)6-4-12/h3-10H,1-2H3,(H,21,22)(H,23,24). The Morgan fingerprint density at radius 2 is 1.88 bits per heavy atom. The van der Waals surface area contributed by atoms with Crippen molar-refractivity contribution in [3.8, 4) is 11.3 Å². The molecule has 4 aromatic rings. The Morgan fingerprint density at radius 1 is 1.12 bits per heavy atom. The van der Waals surface area contributed by atoms with E-state index in [0.29, 0.717) is 16.4 Å². The second-order valence-corrected chi connectivity index (χ2v) is 6.50. The van der Waals surface area contributed by atoms with Crippen molar-refractivity contribution >= 4 is 34.2 Å². The highest BCUT2D eigenvalue weighted by atomic mass is 35.5. The van der Waals surface area contributed by atoms with Gasteiger partial charge in [0.1, 0.15) is 11.5 Å². The highest BCUT2D eigenvalue weighted by molar-refractivity contribution is 6.30. The minimum Gasteiger partial charge on any atom is -0.342 e. The van der Waals surface area contributed by atoms with Crippen LogP contribution in [0.1, 0.15) is 16.3 Å². The third kappa shape index (κ3) is 2.95. The van der Waals surface area contributed by atoms with Crippen LogP contribution in [0.3, 0.4) is 0 Å². The predicted octanol–water partition coefficient (Wildman–Crippen LogP) is 4.19. The predicted molar refractivity (Wildman–Crippen MR) is 103 cm³/mol. The van der Waals surface area contributed by atoms with Crippen LogP contribution in [0.2, 0.25) is 5.02 Å². The normalized spacial score (nSPS) is 11.0. The van der Waals surface area contributed by atoms with E-state index in [1.165, 1.54) is 0 Å². The fourth-order valence-electron chi connectivity index (χ4n) is 2.83. The molecular weight excluding hydrogens is 350 g/mol. The molecule has 26 heavy (non-hydrogen) atoms. The van der Waals surface area contributed by atoms with Crippen LogP contribution < -0.4 is 4.90 Å². The van der Waals surface area contributed by atoms with Crippen LogP contribution in [0.5, 0.6) is 0 Å². The number of benzene rings is 2. The van der Waals surface area contributed by atoms with Gasteiger partial charge in [0.15, 0.2) is 0 Å². The Kier molecular flexibility index (Phi) is 3.97. The Bertz CT molecular complexity index is 1100. The average Bonchev–Trinajstić information content (AvgIpc) is 3.26.